The third kappa shape index (κ3) is 6.39. The van der Waals surface area contributed by atoms with Crippen LogP contribution in [0, 0.1) is 5.82 Å². The van der Waals surface area contributed by atoms with E-state index in [1.54, 1.807) is 20.8 Å². The Morgan fingerprint density at radius 2 is 2.08 bits per heavy atom. The van der Waals surface area contributed by atoms with E-state index < -0.39 is 35.2 Å². The molecule has 0 spiro atoms. The Morgan fingerprint density at radius 1 is 1.42 bits per heavy atom. The van der Waals surface area contributed by atoms with E-state index >= 15 is 0 Å². The molecular formula is C16H23FN2O5. The van der Waals surface area contributed by atoms with Crippen LogP contribution in [0.4, 0.5) is 9.18 Å². The predicted molar refractivity (Wildman–Crippen MR) is 84.3 cm³/mol. The summed E-state index contributed by atoms with van der Waals surface area (Å²) < 4.78 is 24.4. The fourth-order valence-corrected chi connectivity index (χ4v) is 1.73. The molecule has 0 aromatic carbocycles. The number of hydrogen-bond donors (Lipinski definition) is 2. The van der Waals surface area contributed by atoms with E-state index in [0.29, 0.717) is 6.61 Å². The summed E-state index contributed by atoms with van der Waals surface area (Å²) in [5, 5.41) is 11.3. The monoisotopic (exact) mass is 342 g/mol. The van der Waals surface area contributed by atoms with E-state index in [-0.39, 0.29) is 5.75 Å². The molecule has 0 fully saturated rings. The number of carbonyl (C=O) groups is 2. The number of carbonyl (C=O) groups excluding carboxylic acids is 1. The van der Waals surface area contributed by atoms with Gasteiger partial charge in [-0.05, 0) is 27.2 Å². The Hall–Kier alpha value is -2.38. The van der Waals surface area contributed by atoms with E-state index in [1.807, 2.05) is 6.92 Å². The maximum atomic E-state index is 14.2. The number of carboxylic acid groups (broad SMARTS) is 1. The molecule has 24 heavy (non-hydrogen) atoms. The van der Waals surface area contributed by atoms with Gasteiger partial charge in [-0.1, -0.05) is 13.3 Å². The first kappa shape index (κ1) is 19.7. The zero-order valence-corrected chi connectivity index (χ0v) is 14.3. The number of hydrogen-bond acceptors (Lipinski definition) is 5. The minimum Gasteiger partial charge on any atom is -0.492 e. The Balaban J connectivity index is 2.89. The zero-order chi connectivity index (χ0) is 18.3. The van der Waals surface area contributed by atoms with Gasteiger partial charge in [0.2, 0.25) is 0 Å². The number of halogens is 1. The molecule has 1 atom stereocenters. The molecule has 8 heteroatoms. The standard InChI is InChI=1S/C16H23FN2O5/c1-5-6-7-23-10-8-11(17)12(18-9-10)13(14(20)21)19-15(22)24-16(2,3)4/h8-9,13H,5-7H2,1-4H3,(H,19,22)(H,20,21). The van der Waals surface area contributed by atoms with Crippen LogP contribution in [0.15, 0.2) is 12.3 Å². The van der Waals surface area contributed by atoms with Crippen LogP contribution in [-0.4, -0.2) is 34.4 Å². The van der Waals surface area contributed by atoms with Crippen molar-refractivity contribution in [3.63, 3.8) is 0 Å². The quantitative estimate of drug-likeness (QED) is 0.739. The number of unbranched alkanes of at least 4 members (excludes halogenated alkanes) is 1. The lowest BCUT2D eigenvalue weighted by molar-refractivity contribution is -0.139. The van der Waals surface area contributed by atoms with Crippen molar-refractivity contribution in [3.05, 3.63) is 23.8 Å². The molecule has 1 amide bonds. The van der Waals surface area contributed by atoms with E-state index in [1.165, 1.54) is 6.20 Å². The summed E-state index contributed by atoms with van der Waals surface area (Å²) in [6, 6.07) is -0.616. The van der Waals surface area contributed by atoms with Crippen molar-refractivity contribution in [1.82, 2.24) is 10.3 Å². The number of rotatable bonds is 7. The van der Waals surface area contributed by atoms with E-state index in [9.17, 15) is 19.1 Å². The van der Waals surface area contributed by atoms with Gasteiger partial charge in [0.15, 0.2) is 11.9 Å². The Bertz CT molecular complexity index is 586. The maximum absolute atomic E-state index is 14.2. The highest BCUT2D eigenvalue weighted by Gasteiger charge is 2.29. The molecule has 1 rings (SSSR count). The summed E-state index contributed by atoms with van der Waals surface area (Å²) >= 11 is 0. The summed E-state index contributed by atoms with van der Waals surface area (Å²) in [7, 11) is 0. The smallest absolute Gasteiger partial charge is 0.408 e. The second-order valence-electron chi connectivity index (χ2n) is 6.16. The Kier molecular flexibility index (Phi) is 6.94. The van der Waals surface area contributed by atoms with Crippen LogP contribution >= 0.6 is 0 Å². The summed E-state index contributed by atoms with van der Waals surface area (Å²) in [4.78, 5) is 26.8. The van der Waals surface area contributed by atoms with Gasteiger partial charge < -0.3 is 19.9 Å². The van der Waals surface area contributed by atoms with Crippen molar-refractivity contribution in [3.8, 4) is 5.75 Å². The minimum absolute atomic E-state index is 0.200. The van der Waals surface area contributed by atoms with Crippen molar-refractivity contribution in [2.45, 2.75) is 52.2 Å². The predicted octanol–water partition coefficient (Wildman–Crippen LogP) is 3.05. The van der Waals surface area contributed by atoms with Gasteiger partial charge in [0, 0.05) is 6.07 Å². The van der Waals surface area contributed by atoms with Gasteiger partial charge in [-0.25, -0.2) is 14.0 Å². The summed E-state index contributed by atoms with van der Waals surface area (Å²) in [6.45, 7) is 7.29. The van der Waals surface area contributed by atoms with Crippen LogP contribution in [0.5, 0.6) is 5.75 Å². The molecule has 7 nitrogen and oxygen atoms in total. The molecule has 0 aliphatic heterocycles. The van der Waals surface area contributed by atoms with Crippen LogP contribution in [0.1, 0.15) is 52.3 Å². The number of carboxylic acids is 1. The van der Waals surface area contributed by atoms with Crippen LogP contribution in [0.3, 0.4) is 0 Å². The number of aromatic nitrogens is 1. The number of ether oxygens (including phenoxy) is 2. The SMILES string of the molecule is CCCCOc1cnc(C(NC(=O)OC(C)(C)C)C(=O)O)c(F)c1. The number of pyridine rings is 1. The molecule has 1 aromatic rings. The van der Waals surface area contributed by atoms with Crippen molar-refractivity contribution in [1.29, 1.82) is 0 Å². The highest BCUT2D eigenvalue weighted by Crippen LogP contribution is 2.20. The molecule has 0 bridgehead atoms. The van der Waals surface area contributed by atoms with E-state index in [0.717, 1.165) is 18.9 Å². The molecule has 1 unspecified atom stereocenters. The number of aliphatic carboxylic acids is 1. The maximum Gasteiger partial charge on any atom is 0.408 e. The lowest BCUT2D eigenvalue weighted by Gasteiger charge is -2.22. The molecule has 0 aliphatic carbocycles. The van der Waals surface area contributed by atoms with Crippen molar-refractivity contribution < 1.29 is 28.6 Å². The van der Waals surface area contributed by atoms with Crippen LogP contribution in [-0.2, 0) is 9.53 Å². The Morgan fingerprint density at radius 3 is 2.58 bits per heavy atom. The molecule has 134 valence electrons. The average molecular weight is 342 g/mol. The largest absolute Gasteiger partial charge is 0.492 e. The fourth-order valence-electron chi connectivity index (χ4n) is 1.73. The summed E-state index contributed by atoms with van der Waals surface area (Å²) in [6.07, 6.45) is 1.98. The number of amides is 1. The highest BCUT2D eigenvalue weighted by atomic mass is 19.1. The van der Waals surface area contributed by atoms with Gasteiger partial charge in [-0.2, -0.15) is 0 Å². The molecule has 1 aromatic heterocycles. The average Bonchev–Trinajstić information content (AvgIpc) is 2.43. The van der Waals surface area contributed by atoms with E-state index in [4.69, 9.17) is 9.47 Å². The second-order valence-corrected chi connectivity index (χ2v) is 6.16. The third-order valence-corrected chi connectivity index (χ3v) is 2.79. The molecule has 1 heterocycles. The molecule has 2 N–H and O–H groups in total. The topological polar surface area (TPSA) is 97.8 Å². The second kappa shape index (κ2) is 8.47. The van der Waals surface area contributed by atoms with Gasteiger partial charge in [-0.3, -0.25) is 4.98 Å². The van der Waals surface area contributed by atoms with Crippen LogP contribution in [0.25, 0.3) is 0 Å². The first-order valence-electron chi connectivity index (χ1n) is 7.64. The number of nitrogens with zero attached hydrogens (tertiary/aromatic N) is 1. The van der Waals surface area contributed by atoms with Gasteiger partial charge in [-0.15, -0.1) is 0 Å². The highest BCUT2D eigenvalue weighted by molar-refractivity contribution is 5.81. The van der Waals surface area contributed by atoms with Crippen LogP contribution < -0.4 is 10.1 Å². The molecular weight excluding hydrogens is 319 g/mol. The fraction of sp³-hybridized carbons (Fsp3) is 0.562. The third-order valence-electron chi connectivity index (χ3n) is 2.79. The van der Waals surface area contributed by atoms with Gasteiger partial charge >= 0.3 is 12.1 Å². The van der Waals surface area contributed by atoms with Crippen molar-refractivity contribution in [2.75, 3.05) is 6.61 Å². The molecule has 0 saturated carbocycles. The zero-order valence-electron chi connectivity index (χ0n) is 14.3. The van der Waals surface area contributed by atoms with Crippen molar-refractivity contribution in [2.24, 2.45) is 0 Å². The minimum atomic E-state index is -1.66. The Labute approximate surface area is 140 Å². The van der Waals surface area contributed by atoms with Crippen molar-refractivity contribution >= 4 is 12.1 Å². The van der Waals surface area contributed by atoms with Crippen LogP contribution in [0.2, 0.25) is 0 Å². The number of nitrogens with one attached hydrogen (secondary N) is 1. The number of alkyl carbamates (subject to hydrolysis) is 1. The first-order chi connectivity index (χ1) is 11.1. The summed E-state index contributed by atoms with van der Waals surface area (Å²) in [5.41, 5.74) is -1.23. The molecule has 0 aliphatic rings. The van der Waals surface area contributed by atoms with Gasteiger partial charge in [0.1, 0.15) is 17.0 Å². The molecule has 0 radical (unpaired) electrons. The molecule has 0 saturated heterocycles. The summed E-state index contributed by atoms with van der Waals surface area (Å²) in [5.74, 6) is -2.13. The lowest BCUT2D eigenvalue weighted by Crippen LogP contribution is -2.38. The lowest BCUT2D eigenvalue weighted by atomic mass is 10.1. The van der Waals surface area contributed by atoms with Gasteiger partial charge in [0.25, 0.3) is 0 Å². The van der Waals surface area contributed by atoms with E-state index in [2.05, 4.69) is 10.3 Å². The van der Waals surface area contributed by atoms with Gasteiger partial charge in [0.05, 0.1) is 12.8 Å². The normalized spacial score (nSPS) is 12.4. The first-order valence-corrected chi connectivity index (χ1v) is 7.64.